The van der Waals surface area contributed by atoms with Gasteiger partial charge in [0.05, 0.1) is 10.8 Å². The largest absolute Gasteiger partial charge is 0.337 e. The van der Waals surface area contributed by atoms with Gasteiger partial charge in [-0.3, -0.25) is 4.79 Å². The second kappa shape index (κ2) is 9.63. The van der Waals surface area contributed by atoms with Gasteiger partial charge in [-0.2, -0.15) is 0 Å². The topological polar surface area (TPSA) is 51.0 Å². The number of nitrogens with zero attached hydrogens (tertiary/aromatic N) is 4. The third-order valence-electron chi connectivity index (χ3n) is 5.24. The van der Waals surface area contributed by atoms with Crippen molar-refractivity contribution in [1.82, 2.24) is 19.7 Å². The molecule has 162 valence electrons. The number of rotatable bonds is 6. The minimum atomic E-state index is 0.115. The third kappa shape index (κ3) is 5.08. The van der Waals surface area contributed by atoms with Crippen molar-refractivity contribution in [3.63, 3.8) is 0 Å². The van der Waals surface area contributed by atoms with Crippen molar-refractivity contribution < 1.29 is 4.79 Å². The van der Waals surface area contributed by atoms with Gasteiger partial charge < -0.3 is 9.47 Å². The molecule has 1 amide bonds. The second-order valence-corrected chi connectivity index (χ2v) is 9.84. The number of carbonyl (C=O) groups excluding carboxylic acids is 1. The van der Waals surface area contributed by atoms with Gasteiger partial charge in [0, 0.05) is 30.2 Å². The fraction of sp³-hybridized carbons (Fsp3) is 0.348. The predicted octanol–water partition coefficient (Wildman–Crippen LogP) is 5.58. The molecule has 0 bridgehead atoms. The first kappa shape index (κ1) is 22.2. The lowest BCUT2D eigenvalue weighted by molar-refractivity contribution is -0.129. The van der Waals surface area contributed by atoms with E-state index in [0.29, 0.717) is 34.1 Å². The molecule has 1 aliphatic rings. The molecule has 2 heterocycles. The van der Waals surface area contributed by atoms with Crippen LogP contribution in [0.4, 0.5) is 0 Å². The molecule has 4 rings (SSSR count). The van der Waals surface area contributed by atoms with Crippen LogP contribution in [0, 0.1) is 5.92 Å². The molecule has 0 saturated heterocycles. The molecule has 0 unspecified atom stereocenters. The zero-order valence-electron chi connectivity index (χ0n) is 17.5. The lowest BCUT2D eigenvalue weighted by Crippen LogP contribution is -2.37. The van der Waals surface area contributed by atoms with Crippen LogP contribution < -0.4 is 0 Å². The van der Waals surface area contributed by atoms with Gasteiger partial charge >= 0.3 is 0 Å². The summed E-state index contributed by atoms with van der Waals surface area (Å²) in [5.74, 6) is 1.52. The summed E-state index contributed by atoms with van der Waals surface area (Å²) >= 11 is 13.9. The Morgan fingerprint density at radius 3 is 2.65 bits per heavy atom. The van der Waals surface area contributed by atoms with Crippen molar-refractivity contribution in [2.45, 2.75) is 38.5 Å². The van der Waals surface area contributed by atoms with Crippen LogP contribution in [0.5, 0.6) is 0 Å². The van der Waals surface area contributed by atoms with Gasteiger partial charge in [0.1, 0.15) is 0 Å². The van der Waals surface area contributed by atoms with Crippen LogP contribution in [0.15, 0.2) is 47.6 Å². The Morgan fingerprint density at radius 1 is 1.13 bits per heavy atom. The number of benzene rings is 2. The van der Waals surface area contributed by atoms with E-state index in [0.717, 1.165) is 30.2 Å². The van der Waals surface area contributed by atoms with Crippen LogP contribution in [-0.4, -0.2) is 37.9 Å². The number of amides is 1. The summed E-state index contributed by atoms with van der Waals surface area (Å²) in [6.07, 6.45) is 0.898. The Bertz CT molecular complexity index is 1100. The molecule has 3 aromatic rings. The van der Waals surface area contributed by atoms with E-state index in [2.05, 4.69) is 42.2 Å². The Hall–Kier alpha value is -2.02. The lowest BCUT2D eigenvalue weighted by atomic mass is 10.00. The Morgan fingerprint density at radius 2 is 1.90 bits per heavy atom. The first-order chi connectivity index (χ1) is 14.9. The zero-order valence-corrected chi connectivity index (χ0v) is 19.8. The quantitative estimate of drug-likeness (QED) is 0.437. The lowest BCUT2D eigenvalue weighted by Gasteiger charge is -2.28. The summed E-state index contributed by atoms with van der Waals surface area (Å²) in [6, 6.07) is 13.7. The van der Waals surface area contributed by atoms with Gasteiger partial charge in [-0.1, -0.05) is 73.1 Å². The van der Waals surface area contributed by atoms with Crippen LogP contribution in [-0.2, 0) is 24.3 Å². The Balaban J connectivity index is 1.51. The molecule has 2 aromatic carbocycles. The van der Waals surface area contributed by atoms with Crippen molar-refractivity contribution >= 4 is 40.9 Å². The van der Waals surface area contributed by atoms with Crippen molar-refractivity contribution in [3.8, 4) is 11.4 Å². The maximum absolute atomic E-state index is 12.9. The minimum Gasteiger partial charge on any atom is -0.337 e. The monoisotopic (exact) mass is 474 g/mol. The molecule has 5 nitrogen and oxygen atoms in total. The van der Waals surface area contributed by atoms with Gasteiger partial charge in [0.25, 0.3) is 0 Å². The van der Waals surface area contributed by atoms with E-state index >= 15 is 0 Å². The van der Waals surface area contributed by atoms with Crippen LogP contribution in [0.25, 0.3) is 11.4 Å². The number of fused-ring (bicyclic) bond motifs is 1. The fourth-order valence-electron chi connectivity index (χ4n) is 3.72. The first-order valence-electron chi connectivity index (χ1n) is 10.3. The molecule has 0 radical (unpaired) electrons. The van der Waals surface area contributed by atoms with Crippen LogP contribution >= 0.6 is 35.0 Å². The molecule has 31 heavy (non-hydrogen) atoms. The maximum atomic E-state index is 12.9. The van der Waals surface area contributed by atoms with E-state index in [4.69, 9.17) is 23.2 Å². The molecular formula is C23H24Cl2N4OS. The number of hydrogen-bond donors (Lipinski definition) is 0. The van der Waals surface area contributed by atoms with Crippen LogP contribution in [0.1, 0.15) is 25.0 Å². The second-order valence-electron chi connectivity index (χ2n) is 8.06. The van der Waals surface area contributed by atoms with Crippen LogP contribution in [0.3, 0.4) is 0 Å². The molecule has 0 spiro atoms. The summed E-state index contributed by atoms with van der Waals surface area (Å²) in [5.41, 5.74) is 3.35. The van der Waals surface area contributed by atoms with E-state index in [1.165, 1.54) is 22.9 Å². The standard InChI is InChI=1S/C23H24Cl2N4OS/c1-15(2)12-29-22(19-8-7-18(24)11-20(19)25)26-27-23(29)31-14-21(30)28-10-9-16-5-3-4-6-17(16)13-28/h3-8,11,15H,9-10,12-14H2,1-2H3. The molecule has 0 N–H and O–H groups in total. The fourth-order valence-corrected chi connectivity index (χ4v) is 5.07. The van der Waals surface area contributed by atoms with Crippen molar-refractivity contribution in [2.75, 3.05) is 12.3 Å². The van der Waals surface area contributed by atoms with Crippen molar-refractivity contribution in [2.24, 2.45) is 5.92 Å². The molecule has 1 aromatic heterocycles. The van der Waals surface area contributed by atoms with Crippen molar-refractivity contribution in [1.29, 1.82) is 0 Å². The Labute approximate surface area is 196 Å². The number of aromatic nitrogens is 3. The highest BCUT2D eigenvalue weighted by atomic mass is 35.5. The predicted molar refractivity (Wildman–Crippen MR) is 127 cm³/mol. The summed E-state index contributed by atoms with van der Waals surface area (Å²) in [6.45, 7) is 6.42. The summed E-state index contributed by atoms with van der Waals surface area (Å²) in [4.78, 5) is 14.8. The van der Waals surface area contributed by atoms with Gasteiger partial charge in [0.15, 0.2) is 11.0 Å². The highest BCUT2D eigenvalue weighted by Gasteiger charge is 2.23. The van der Waals surface area contributed by atoms with Crippen LogP contribution in [0.2, 0.25) is 10.0 Å². The van der Waals surface area contributed by atoms with E-state index in [-0.39, 0.29) is 5.91 Å². The van der Waals surface area contributed by atoms with E-state index in [9.17, 15) is 4.79 Å². The molecule has 1 aliphatic heterocycles. The van der Waals surface area contributed by atoms with E-state index in [1.807, 2.05) is 21.6 Å². The molecule has 0 aliphatic carbocycles. The van der Waals surface area contributed by atoms with E-state index in [1.54, 1.807) is 12.1 Å². The van der Waals surface area contributed by atoms with E-state index < -0.39 is 0 Å². The highest BCUT2D eigenvalue weighted by Crippen LogP contribution is 2.32. The SMILES string of the molecule is CC(C)Cn1c(SCC(=O)N2CCc3ccccc3C2)nnc1-c1ccc(Cl)cc1Cl. The van der Waals surface area contributed by atoms with Gasteiger partial charge in [-0.05, 0) is 41.7 Å². The summed E-state index contributed by atoms with van der Waals surface area (Å²) in [5, 5.41) is 10.6. The molecular weight excluding hydrogens is 451 g/mol. The number of thioether (sulfide) groups is 1. The maximum Gasteiger partial charge on any atom is 0.233 e. The summed E-state index contributed by atoms with van der Waals surface area (Å²) < 4.78 is 2.04. The average molecular weight is 475 g/mol. The zero-order chi connectivity index (χ0) is 22.0. The summed E-state index contributed by atoms with van der Waals surface area (Å²) in [7, 11) is 0. The molecule has 0 atom stereocenters. The van der Waals surface area contributed by atoms with Gasteiger partial charge in [0.2, 0.25) is 5.91 Å². The number of halogens is 2. The molecule has 0 fully saturated rings. The average Bonchev–Trinajstić information content (AvgIpc) is 3.13. The Kier molecular flexibility index (Phi) is 6.89. The number of hydrogen-bond acceptors (Lipinski definition) is 4. The first-order valence-corrected chi connectivity index (χ1v) is 12.0. The minimum absolute atomic E-state index is 0.115. The third-order valence-corrected chi connectivity index (χ3v) is 6.74. The highest BCUT2D eigenvalue weighted by molar-refractivity contribution is 7.99. The van der Waals surface area contributed by atoms with Gasteiger partial charge in [-0.25, -0.2) is 0 Å². The molecule has 0 saturated carbocycles. The number of carbonyl (C=O) groups is 1. The van der Waals surface area contributed by atoms with Crippen molar-refractivity contribution in [3.05, 3.63) is 63.6 Å². The molecule has 8 heteroatoms. The normalized spacial score (nSPS) is 13.5. The van der Waals surface area contributed by atoms with Gasteiger partial charge in [-0.15, -0.1) is 10.2 Å². The smallest absolute Gasteiger partial charge is 0.233 e.